The number of primary amides is 1. The van der Waals surface area contributed by atoms with E-state index in [9.17, 15) is 9.59 Å². The second kappa shape index (κ2) is 8.00. The highest BCUT2D eigenvalue weighted by Crippen LogP contribution is 2.41. The minimum Gasteiger partial charge on any atom is -0.493 e. The molecule has 27 heavy (non-hydrogen) atoms. The summed E-state index contributed by atoms with van der Waals surface area (Å²) in [7, 11) is 3.00. The van der Waals surface area contributed by atoms with E-state index >= 15 is 0 Å². The van der Waals surface area contributed by atoms with Gasteiger partial charge in [0.05, 0.1) is 25.3 Å². The largest absolute Gasteiger partial charge is 0.493 e. The fourth-order valence-electron chi connectivity index (χ4n) is 3.59. The summed E-state index contributed by atoms with van der Waals surface area (Å²) < 4.78 is 10.6. The maximum absolute atomic E-state index is 12.9. The van der Waals surface area contributed by atoms with E-state index in [0.717, 1.165) is 36.1 Å². The van der Waals surface area contributed by atoms with Crippen LogP contribution in [0.1, 0.15) is 50.9 Å². The van der Waals surface area contributed by atoms with E-state index < -0.39 is 5.91 Å². The predicted octanol–water partition coefficient (Wildman–Crippen LogP) is 3.63. The van der Waals surface area contributed by atoms with Gasteiger partial charge in [-0.2, -0.15) is 0 Å². The lowest BCUT2D eigenvalue weighted by Crippen LogP contribution is -2.20. The molecular weight excluding hydrogens is 364 g/mol. The topological polar surface area (TPSA) is 90.7 Å². The van der Waals surface area contributed by atoms with E-state index in [4.69, 9.17) is 15.2 Å². The Balaban J connectivity index is 1.96. The SMILES string of the molecule is CC[C@@H]1CCc2c(sc(NC(=O)c3cccc(OC)c3OC)c2C(N)=O)C1. The quantitative estimate of drug-likeness (QED) is 0.791. The zero-order chi connectivity index (χ0) is 19.6. The fourth-order valence-corrected chi connectivity index (χ4v) is 4.95. The van der Waals surface area contributed by atoms with Gasteiger partial charge in [-0.05, 0) is 42.9 Å². The third kappa shape index (κ3) is 3.64. The van der Waals surface area contributed by atoms with Crippen LogP contribution in [0.5, 0.6) is 11.5 Å². The molecule has 0 bridgehead atoms. The third-order valence-electron chi connectivity index (χ3n) is 5.07. The molecule has 2 amide bonds. The van der Waals surface area contributed by atoms with E-state index in [1.165, 1.54) is 25.6 Å². The van der Waals surface area contributed by atoms with Gasteiger partial charge in [-0.1, -0.05) is 19.4 Å². The van der Waals surface area contributed by atoms with Crippen molar-refractivity contribution in [3.8, 4) is 11.5 Å². The van der Waals surface area contributed by atoms with Crippen molar-refractivity contribution in [3.63, 3.8) is 0 Å². The Bertz CT molecular complexity index is 875. The van der Waals surface area contributed by atoms with Gasteiger partial charge in [-0.15, -0.1) is 11.3 Å². The van der Waals surface area contributed by atoms with Gasteiger partial charge >= 0.3 is 0 Å². The summed E-state index contributed by atoms with van der Waals surface area (Å²) in [6, 6.07) is 5.09. The number of carbonyl (C=O) groups is 2. The predicted molar refractivity (Wildman–Crippen MR) is 106 cm³/mol. The van der Waals surface area contributed by atoms with E-state index in [2.05, 4.69) is 12.2 Å². The van der Waals surface area contributed by atoms with Crippen molar-refractivity contribution < 1.29 is 19.1 Å². The molecule has 144 valence electrons. The molecule has 3 N–H and O–H groups in total. The molecule has 0 aliphatic heterocycles. The number of carbonyl (C=O) groups excluding carboxylic acids is 2. The van der Waals surface area contributed by atoms with Crippen LogP contribution in [0, 0.1) is 5.92 Å². The highest BCUT2D eigenvalue weighted by molar-refractivity contribution is 7.17. The molecule has 1 aromatic carbocycles. The van der Waals surface area contributed by atoms with E-state index in [1.54, 1.807) is 18.2 Å². The first-order valence-electron chi connectivity index (χ1n) is 8.96. The number of amides is 2. The number of para-hydroxylation sites is 1. The summed E-state index contributed by atoms with van der Waals surface area (Å²) in [6.07, 6.45) is 3.89. The van der Waals surface area contributed by atoms with Crippen LogP contribution >= 0.6 is 11.3 Å². The number of anilines is 1. The molecule has 1 heterocycles. The van der Waals surface area contributed by atoms with Crippen LogP contribution in [0.15, 0.2) is 18.2 Å². The van der Waals surface area contributed by atoms with E-state index in [0.29, 0.717) is 33.5 Å². The van der Waals surface area contributed by atoms with Gasteiger partial charge in [-0.25, -0.2) is 0 Å². The summed E-state index contributed by atoms with van der Waals surface area (Å²) in [5, 5.41) is 3.38. The normalized spacial score (nSPS) is 15.7. The van der Waals surface area contributed by atoms with Gasteiger partial charge in [0, 0.05) is 4.88 Å². The first kappa shape index (κ1) is 19.2. The second-order valence-electron chi connectivity index (χ2n) is 6.58. The zero-order valence-electron chi connectivity index (χ0n) is 15.8. The van der Waals surface area contributed by atoms with Crippen LogP contribution in [0.4, 0.5) is 5.00 Å². The number of fused-ring (bicyclic) bond motifs is 1. The van der Waals surface area contributed by atoms with Gasteiger partial charge in [0.25, 0.3) is 11.8 Å². The summed E-state index contributed by atoms with van der Waals surface area (Å²) in [6.45, 7) is 2.18. The van der Waals surface area contributed by atoms with Crippen LogP contribution < -0.4 is 20.5 Å². The first-order valence-corrected chi connectivity index (χ1v) is 9.78. The molecule has 0 unspecified atom stereocenters. The Morgan fingerprint density at radius 2 is 2.07 bits per heavy atom. The minimum atomic E-state index is -0.504. The van der Waals surface area contributed by atoms with Gasteiger partial charge in [0.15, 0.2) is 11.5 Å². The third-order valence-corrected chi connectivity index (χ3v) is 6.24. The summed E-state index contributed by atoms with van der Waals surface area (Å²) in [5.74, 6) is 0.565. The fraction of sp³-hybridized carbons (Fsp3) is 0.400. The second-order valence-corrected chi connectivity index (χ2v) is 7.69. The number of hydrogen-bond acceptors (Lipinski definition) is 5. The van der Waals surface area contributed by atoms with Gasteiger partial charge < -0.3 is 20.5 Å². The number of ether oxygens (including phenoxy) is 2. The van der Waals surface area contributed by atoms with Gasteiger partial charge in [0.1, 0.15) is 5.00 Å². The monoisotopic (exact) mass is 388 g/mol. The lowest BCUT2D eigenvalue weighted by atomic mass is 9.85. The van der Waals surface area contributed by atoms with Crippen molar-refractivity contribution >= 4 is 28.2 Å². The maximum Gasteiger partial charge on any atom is 0.260 e. The number of benzene rings is 1. The van der Waals surface area contributed by atoms with Crippen molar-refractivity contribution in [1.29, 1.82) is 0 Å². The van der Waals surface area contributed by atoms with Crippen molar-refractivity contribution in [2.45, 2.75) is 32.6 Å². The molecule has 3 rings (SSSR count). The number of nitrogens with one attached hydrogen (secondary N) is 1. The molecule has 0 spiro atoms. The van der Waals surface area contributed by atoms with E-state index in [1.807, 2.05) is 0 Å². The number of nitrogens with two attached hydrogens (primary N) is 1. The molecule has 7 heteroatoms. The molecule has 1 aliphatic carbocycles. The summed E-state index contributed by atoms with van der Waals surface area (Å²) in [5.41, 5.74) is 7.41. The Hall–Kier alpha value is -2.54. The Kier molecular flexibility index (Phi) is 5.70. The van der Waals surface area contributed by atoms with Crippen molar-refractivity contribution in [2.75, 3.05) is 19.5 Å². The average molecular weight is 388 g/mol. The van der Waals surface area contributed by atoms with Gasteiger partial charge in [-0.3, -0.25) is 9.59 Å². The van der Waals surface area contributed by atoms with Crippen LogP contribution in [-0.2, 0) is 12.8 Å². The molecular formula is C20H24N2O4S. The molecule has 1 atom stereocenters. The number of hydrogen-bond donors (Lipinski definition) is 2. The zero-order valence-corrected chi connectivity index (χ0v) is 16.6. The highest BCUT2D eigenvalue weighted by atomic mass is 32.1. The molecule has 0 saturated heterocycles. The molecule has 6 nitrogen and oxygen atoms in total. The molecule has 1 aliphatic rings. The summed E-state index contributed by atoms with van der Waals surface area (Å²) in [4.78, 5) is 26.1. The standard InChI is InChI=1S/C20H24N2O4S/c1-4-11-8-9-12-15(10-11)27-20(16(12)18(21)23)22-19(24)13-6-5-7-14(25-2)17(13)26-3/h5-7,11H,4,8-10H2,1-3H3,(H2,21,23)(H,22,24)/t11-/m1/s1. The van der Waals surface area contributed by atoms with Crippen LogP contribution in [0.25, 0.3) is 0 Å². The minimum absolute atomic E-state index is 0.338. The lowest BCUT2D eigenvalue weighted by Gasteiger charge is -2.20. The van der Waals surface area contributed by atoms with Crippen molar-refractivity contribution in [2.24, 2.45) is 11.7 Å². The Morgan fingerprint density at radius 1 is 1.30 bits per heavy atom. The molecule has 0 radical (unpaired) electrons. The molecule has 1 aromatic heterocycles. The molecule has 0 fully saturated rings. The average Bonchev–Trinajstić information content (AvgIpc) is 3.03. The van der Waals surface area contributed by atoms with Crippen LogP contribution in [0.3, 0.4) is 0 Å². The van der Waals surface area contributed by atoms with Crippen molar-refractivity contribution in [3.05, 3.63) is 39.8 Å². The Labute approximate surface area is 162 Å². The lowest BCUT2D eigenvalue weighted by molar-refractivity contribution is 0.1000. The number of rotatable bonds is 6. The Morgan fingerprint density at radius 3 is 2.70 bits per heavy atom. The highest BCUT2D eigenvalue weighted by Gasteiger charge is 2.28. The maximum atomic E-state index is 12.9. The number of thiophene rings is 1. The van der Waals surface area contributed by atoms with E-state index in [-0.39, 0.29) is 5.91 Å². The van der Waals surface area contributed by atoms with Gasteiger partial charge in [0.2, 0.25) is 0 Å². The smallest absolute Gasteiger partial charge is 0.260 e. The van der Waals surface area contributed by atoms with Crippen LogP contribution in [0.2, 0.25) is 0 Å². The molecule has 2 aromatic rings. The molecule has 0 saturated carbocycles. The summed E-state index contributed by atoms with van der Waals surface area (Å²) >= 11 is 1.45. The first-order chi connectivity index (χ1) is 13.0. The van der Waals surface area contributed by atoms with Crippen molar-refractivity contribution in [1.82, 2.24) is 0 Å². The van der Waals surface area contributed by atoms with Crippen LogP contribution in [-0.4, -0.2) is 26.0 Å². The number of methoxy groups -OCH3 is 2.